The molecule has 2 fully saturated rings. The van der Waals surface area contributed by atoms with Gasteiger partial charge in [-0.3, -0.25) is 0 Å². The van der Waals surface area contributed by atoms with Crippen LogP contribution in [0.15, 0.2) is 30.5 Å². The molecule has 4 nitrogen and oxygen atoms in total. The molecule has 2 aromatic heterocycles. The molecule has 2 saturated carbocycles. The normalized spacial score (nSPS) is 21.0. The Kier molecular flexibility index (Phi) is 2.53. The Bertz CT molecular complexity index is 920. The fourth-order valence-electron chi connectivity index (χ4n) is 3.85. The van der Waals surface area contributed by atoms with Crippen molar-refractivity contribution in [2.45, 2.75) is 45.4 Å². The quantitative estimate of drug-likeness (QED) is 0.736. The molecule has 3 aromatic rings. The Morgan fingerprint density at radius 3 is 2.83 bits per heavy atom. The van der Waals surface area contributed by atoms with Gasteiger partial charge in [-0.2, -0.15) is 5.10 Å². The van der Waals surface area contributed by atoms with Gasteiger partial charge >= 0.3 is 0 Å². The van der Waals surface area contributed by atoms with E-state index in [0.717, 1.165) is 35.2 Å². The third-order valence-electron chi connectivity index (χ3n) is 5.50. The second-order valence-corrected chi connectivity index (χ2v) is 7.13. The van der Waals surface area contributed by atoms with Crippen LogP contribution in [0.5, 0.6) is 0 Å². The minimum atomic E-state index is 0.680. The first-order valence-electron chi connectivity index (χ1n) is 8.51. The molecular formula is C19H20N4. The summed E-state index contributed by atoms with van der Waals surface area (Å²) in [5.74, 6) is 2.52. The van der Waals surface area contributed by atoms with Crippen molar-refractivity contribution in [3.8, 4) is 5.82 Å². The molecule has 0 amide bonds. The van der Waals surface area contributed by atoms with Gasteiger partial charge in [0.15, 0.2) is 5.82 Å². The zero-order chi connectivity index (χ0) is 15.6. The van der Waals surface area contributed by atoms with E-state index in [4.69, 9.17) is 0 Å². The van der Waals surface area contributed by atoms with Crippen molar-refractivity contribution in [2.24, 2.45) is 5.41 Å². The lowest BCUT2D eigenvalue weighted by Gasteiger charge is -2.07. The number of fused-ring (bicyclic) bond motifs is 1. The SMILES string of the molecule is CCc1nc(C)cc(-n2ncc3ccc(C4CC45CC5)cc32)n1. The first kappa shape index (κ1) is 13.2. The van der Waals surface area contributed by atoms with Crippen molar-refractivity contribution in [1.29, 1.82) is 0 Å². The van der Waals surface area contributed by atoms with Gasteiger partial charge in [-0.1, -0.05) is 19.1 Å². The summed E-state index contributed by atoms with van der Waals surface area (Å²) in [5, 5.41) is 5.76. The van der Waals surface area contributed by atoms with Gasteiger partial charge in [0, 0.05) is 23.6 Å². The van der Waals surface area contributed by atoms with Gasteiger partial charge in [0.05, 0.1) is 11.7 Å². The Labute approximate surface area is 135 Å². The van der Waals surface area contributed by atoms with Crippen molar-refractivity contribution in [3.63, 3.8) is 0 Å². The summed E-state index contributed by atoms with van der Waals surface area (Å²) >= 11 is 0. The molecule has 0 radical (unpaired) electrons. The van der Waals surface area contributed by atoms with Gasteiger partial charge in [-0.05, 0) is 49.1 Å². The van der Waals surface area contributed by atoms with Crippen molar-refractivity contribution >= 4 is 10.9 Å². The molecule has 1 unspecified atom stereocenters. The summed E-state index contributed by atoms with van der Waals surface area (Å²) < 4.78 is 1.97. The minimum Gasteiger partial charge on any atom is -0.238 e. The number of hydrogen-bond donors (Lipinski definition) is 0. The average molecular weight is 304 g/mol. The van der Waals surface area contributed by atoms with Gasteiger partial charge < -0.3 is 0 Å². The molecule has 0 aliphatic heterocycles. The maximum absolute atomic E-state index is 4.67. The zero-order valence-electron chi connectivity index (χ0n) is 13.6. The Morgan fingerprint density at radius 1 is 1.22 bits per heavy atom. The summed E-state index contributed by atoms with van der Waals surface area (Å²) in [6, 6.07) is 8.83. The number of hydrogen-bond acceptors (Lipinski definition) is 3. The summed E-state index contributed by atoms with van der Waals surface area (Å²) in [6.07, 6.45) is 6.98. The predicted molar refractivity (Wildman–Crippen MR) is 89.8 cm³/mol. The Hall–Kier alpha value is -2.23. The van der Waals surface area contributed by atoms with E-state index >= 15 is 0 Å². The minimum absolute atomic E-state index is 0.680. The number of nitrogens with zero attached hydrogens (tertiary/aromatic N) is 4. The van der Waals surface area contributed by atoms with Crippen LogP contribution in [0.25, 0.3) is 16.7 Å². The topological polar surface area (TPSA) is 43.6 Å². The molecule has 0 saturated heterocycles. The molecule has 4 heteroatoms. The summed E-state index contributed by atoms with van der Waals surface area (Å²) in [7, 11) is 0. The van der Waals surface area contributed by atoms with Gasteiger partial charge in [-0.15, -0.1) is 0 Å². The molecular weight excluding hydrogens is 284 g/mol. The number of rotatable bonds is 3. The van der Waals surface area contributed by atoms with Gasteiger partial charge in [0.25, 0.3) is 0 Å². The van der Waals surface area contributed by atoms with Crippen molar-refractivity contribution in [1.82, 2.24) is 19.7 Å². The highest BCUT2D eigenvalue weighted by Crippen LogP contribution is 2.75. The molecule has 5 rings (SSSR count). The van der Waals surface area contributed by atoms with E-state index in [1.54, 1.807) is 0 Å². The fourth-order valence-corrected chi connectivity index (χ4v) is 3.85. The van der Waals surface area contributed by atoms with Crippen LogP contribution >= 0.6 is 0 Å². The van der Waals surface area contributed by atoms with Crippen molar-refractivity contribution < 1.29 is 0 Å². The zero-order valence-corrected chi connectivity index (χ0v) is 13.6. The van der Waals surface area contributed by atoms with Gasteiger partial charge in [0.1, 0.15) is 5.82 Å². The highest BCUT2D eigenvalue weighted by molar-refractivity contribution is 5.81. The number of benzene rings is 1. The Balaban J connectivity index is 1.63. The van der Waals surface area contributed by atoms with Crippen LogP contribution in [-0.4, -0.2) is 19.7 Å². The van der Waals surface area contributed by atoms with E-state index in [9.17, 15) is 0 Å². The highest BCUT2D eigenvalue weighted by Gasteiger charge is 2.62. The van der Waals surface area contributed by atoms with E-state index in [-0.39, 0.29) is 0 Å². The maximum atomic E-state index is 4.67. The molecule has 0 N–H and O–H groups in total. The average Bonchev–Trinajstić information content (AvgIpc) is 3.45. The van der Waals surface area contributed by atoms with E-state index < -0.39 is 0 Å². The standard InChI is InChI=1S/C19H20N4/c1-3-17-21-12(2)8-18(22-17)23-16-9-13(4-5-14(16)11-20-23)15-10-19(15)6-7-19/h4-5,8-9,11,15H,3,6-7,10H2,1-2H3. The predicted octanol–water partition coefficient (Wildman–Crippen LogP) is 3.95. The van der Waals surface area contributed by atoms with E-state index in [0.29, 0.717) is 5.41 Å². The molecule has 116 valence electrons. The van der Waals surface area contributed by atoms with Crippen LogP contribution in [-0.2, 0) is 6.42 Å². The third-order valence-corrected chi connectivity index (χ3v) is 5.50. The molecule has 1 aromatic carbocycles. The summed E-state index contributed by atoms with van der Waals surface area (Å²) in [4.78, 5) is 9.14. The first-order chi connectivity index (χ1) is 11.2. The molecule has 2 aliphatic carbocycles. The van der Waals surface area contributed by atoms with Crippen molar-refractivity contribution in [2.75, 3.05) is 0 Å². The lowest BCUT2D eigenvalue weighted by atomic mass is 10.1. The largest absolute Gasteiger partial charge is 0.238 e. The van der Waals surface area contributed by atoms with E-state index in [2.05, 4.69) is 40.2 Å². The highest BCUT2D eigenvalue weighted by atomic mass is 15.3. The second-order valence-electron chi connectivity index (χ2n) is 7.13. The lowest BCUT2D eigenvalue weighted by molar-refractivity contribution is 0.820. The smallest absolute Gasteiger partial charge is 0.157 e. The molecule has 1 spiro atoms. The van der Waals surface area contributed by atoms with Crippen LogP contribution in [0.2, 0.25) is 0 Å². The molecule has 23 heavy (non-hydrogen) atoms. The van der Waals surface area contributed by atoms with Gasteiger partial charge in [-0.25, -0.2) is 14.6 Å². The molecule has 2 aliphatic rings. The third kappa shape index (κ3) is 2.01. The van der Waals surface area contributed by atoms with Crippen LogP contribution < -0.4 is 0 Å². The van der Waals surface area contributed by atoms with Crippen molar-refractivity contribution in [3.05, 3.63) is 47.5 Å². The molecule has 2 heterocycles. The summed E-state index contributed by atoms with van der Waals surface area (Å²) in [6.45, 7) is 4.10. The second kappa shape index (κ2) is 4.40. The van der Waals surface area contributed by atoms with E-state index in [1.807, 2.05) is 23.9 Å². The van der Waals surface area contributed by atoms with Gasteiger partial charge in [0.2, 0.25) is 0 Å². The summed E-state index contributed by atoms with van der Waals surface area (Å²) in [5.41, 5.74) is 4.30. The fraction of sp³-hybridized carbons (Fsp3) is 0.421. The molecule has 0 bridgehead atoms. The molecule has 1 atom stereocenters. The van der Waals surface area contributed by atoms with Crippen LogP contribution in [0.1, 0.15) is 49.2 Å². The monoisotopic (exact) mass is 304 g/mol. The maximum Gasteiger partial charge on any atom is 0.157 e. The first-order valence-corrected chi connectivity index (χ1v) is 8.51. The van der Waals surface area contributed by atoms with E-state index in [1.165, 1.54) is 30.2 Å². The number of aromatic nitrogens is 4. The van der Waals surface area contributed by atoms with Crippen LogP contribution in [0.3, 0.4) is 0 Å². The van der Waals surface area contributed by atoms with Crippen LogP contribution in [0.4, 0.5) is 0 Å². The lowest BCUT2D eigenvalue weighted by Crippen LogP contribution is -2.05. The van der Waals surface area contributed by atoms with Crippen LogP contribution in [0, 0.1) is 12.3 Å². The number of aryl methyl sites for hydroxylation is 2. The Morgan fingerprint density at radius 2 is 2.09 bits per heavy atom.